The quantitative estimate of drug-likeness (QED) is 0.359. The zero-order valence-corrected chi connectivity index (χ0v) is 16.5. The summed E-state index contributed by atoms with van der Waals surface area (Å²) in [7, 11) is 0. The number of carbonyl (C=O) groups excluding carboxylic acids is 2. The van der Waals surface area contributed by atoms with E-state index < -0.39 is 21.7 Å². The van der Waals surface area contributed by atoms with Crippen molar-refractivity contribution in [2.24, 2.45) is 0 Å². The number of non-ortho nitro benzene ring substituents is 2. The highest BCUT2D eigenvalue weighted by atomic mass is 16.6. The first-order chi connectivity index (χ1) is 15.3. The SMILES string of the molecule is O=C(NNC1=CC=C(NNC(=O)c2ccc([N+](=O)[O-])cc2)CC1)c1ccc([N+](=O)[O-])cc1. The van der Waals surface area contributed by atoms with Gasteiger partial charge in [-0.3, -0.25) is 40.7 Å². The van der Waals surface area contributed by atoms with Crippen molar-refractivity contribution in [3.05, 3.63) is 103 Å². The fourth-order valence-electron chi connectivity index (χ4n) is 2.73. The summed E-state index contributed by atoms with van der Waals surface area (Å²) in [6, 6.07) is 10.4. The number of carbonyl (C=O) groups is 2. The Morgan fingerprint density at radius 1 is 0.656 bits per heavy atom. The minimum absolute atomic E-state index is 0.102. The van der Waals surface area contributed by atoms with Crippen LogP contribution in [0.5, 0.6) is 0 Å². The standard InChI is InChI=1S/C20H18N6O6/c27-19(13-1-9-17(10-2-13)25(29)30)23-21-15-5-7-16(8-6-15)22-24-20(28)14-3-11-18(12-4-14)26(31)32/h1-5,7,9-12,21-22H,6,8H2,(H,23,27)(H,24,28). The Hall–Kier alpha value is -4.74. The van der Waals surface area contributed by atoms with E-state index in [9.17, 15) is 29.8 Å². The van der Waals surface area contributed by atoms with Crippen LogP contribution in [-0.4, -0.2) is 21.7 Å². The molecule has 32 heavy (non-hydrogen) atoms. The lowest BCUT2D eigenvalue weighted by Gasteiger charge is -2.18. The number of hydrazine groups is 2. The molecule has 0 bridgehead atoms. The van der Waals surface area contributed by atoms with Crippen LogP contribution in [0.4, 0.5) is 11.4 Å². The summed E-state index contributed by atoms with van der Waals surface area (Å²) in [5.74, 6) is -0.881. The molecule has 0 fully saturated rings. The average Bonchev–Trinajstić information content (AvgIpc) is 2.81. The normalized spacial score (nSPS) is 12.6. The minimum atomic E-state index is -0.543. The molecule has 12 nitrogen and oxygen atoms in total. The molecule has 1 aliphatic rings. The molecule has 12 heteroatoms. The van der Waals surface area contributed by atoms with Crippen molar-refractivity contribution in [3.8, 4) is 0 Å². The number of nitrogens with one attached hydrogen (secondary N) is 4. The largest absolute Gasteiger partial charge is 0.302 e. The second kappa shape index (κ2) is 9.84. The zero-order chi connectivity index (χ0) is 23.1. The Balaban J connectivity index is 1.47. The van der Waals surface area contributed by atoms with Crippen LogP contribution in [0.25, 0.3) is 0 Å². The summed E-state index contributed by atoms with van der Waals surface area (Å²) >= 11 is 0. The Morgan fingerprint density at radius 3 is 1.28 bits per heavy atom. The lowest BCUT2D eigenvalue weighted by Crippen LogP contribution is -2.39. The first-order valence-corrected chi connectivity index (χ1v) is 9.35. The molecular weight excluding hydrogens is 420 g/mol. The summed E-state index contributed by atoms with van der Waals surface area (Å²) in [5, 5.41) is 21.3. The molecule has 0 saturated heterocycles. The van der Waals surface area contributed by atoms with Crippen molar-refractivity contribution in [3.63, 3.8) is 0 Å². The highest BCUT2D eigenvalue weighted by molar-refractivity contribution is 5.94. The highest BCUT2D eigenvalue weighted by Crippen LogP contribution is 2.15. The maximum absolute atomic E-state index is 12.1. The fourth-order valence-corrected chi connectivity index (χ4v) is 2.73. The lowest BCUT2D eigenvalue weighted by atomic mass is 10.1. The van der Waals surface area contributed by atoms with Crippen LogP contribution >= 0.6 is 0 Å². The number of amides is 2. The van der Waals surface area contributed by atoms with E-state index in [0.29, 0.717) is 12.8 Å². The number of allylic oxidation sites excluding steroid dienone is 4. The Bertz CT molecular complexity index is 1020. The predicted octanol–water partition coefficient (Wildman–Crippen LogP) is 2.23. The molecule has 1 aliphatic carbocycles. The molecule has 3 rings (SSSR count). The zero-order valence-electron chi connectivity index (χ0n) is 16.5. The van der Waals surface area contributed by atoms with Crippen molar-refractivity contribution in [2.45, 2.75) is 12.8 Å². The van der Waals surface area contributed by atoms with Crippen molar-refractivity contribution >= 4 is 23.2 Å². The van der Waals surface area contributed by atoms with Crippen LogP contribution in [-0.2, 0) is 0 Å². The molecule has 0 aliphatic heterocycles. The van der Waals surface area contributed by atoms with Crippen molar-refractivity contribution < 1.29 is 19.4 Å². The van der Waals surface area contributed by atoms with E-state index in [1.807, 2.05) is 0 Å². The molecule has 2 amide bonds. The Morgan fingerprint density at radius 2 is 1.00 bits per heavy atom. The third-order valence-electron chi connectivity index (χ3n) is 4.50. The molecule has 0 spiro atoms. The van der Waals surface area contributed by atoms with Crippen LogP contribution < -0.4 is 21.7 Å². The first kappa shape index (κ1) is 22.0. The third kappa shape index (κ3) is 5.66. The average molecular weight is 438 g/mol. The van der Waals surface area contributed by atoms with Crippen LogP contribution in [0.15, 0.2) is 72.1 Å². The number of hydrogen-bond acceptors (Lipinski definition) is 8. The maximum Gasteiger partial charge on any atom is 0.269 e. The van der Waals surface area contributed by atoms with Crippen LogP contribution in [0.1, 0.15) is 33.6 Å². The summed E-state index contributed by atoms with van der Waals surface area (Å²) in [5.41, 5.74) is 12.4. The van der Waals surface area contributed by atoms with E-state index in [1.54, 1.807) is 12.2 Å². The summed E-state index contributed by atoms with van der Waals surface area (Å²) in [6.07, 6.45) is 4.54. The van der Waals surface area contributed by atoms with E-state index in [2.05, 4.69) is 21.7 Å². The molecule has 0 atom stereocenters. The number of nitro benzene ring substituents is 2. The third-order valence-corrected chi connectivity index (χ3v) is 4.50. The summed E-state index contributed by atoms with van der Waals surface area (Å²) < 4.78 is 0. The van der Waals surface area contributed by atoms with Gasteiger partial charge < -0.3 is 10.9 Å². The molecule has 2 aromatic rings. The number of benzene rings is 2. The van der Waals surface area contributed by atoms with Gasteiger partial charge in [0.25, 0.3) is 23.2 Å². The predicted molar refractivity (Wildman–Crippen MR) is 113 cm³/mol. The summed E-state index contributed by atoms with van der Waals surface area (Å²) in [4.78, 5) is 44.5. The molecule has 0 radical (unpaired) electrons. The monoisotopic (exact) mass is 438 g/mol. The van der Waals surface area contributed by atoms with Crippen LogP contribution in [0.3, 0.4) is 0 Å². The van der Waals surface area contributed by atoms with E-state index in [0.717, 1.165) is 11.4 Å². The number of nitrogens with zero attached hydrogens (tertiary/aromatic N) is 2. The fraction of sp³-hybridized carbons (Fsp3) is 0.100. The second-order valence-electron chi connectivity index (χ2n) is 6.65. The molecule has 2 aromatic carbocycles. The van der Waals surface area contributed by atoms with E-state index in [1.165, 1.54) is 48.5 Å². The maximum atomic E-state index is 12.1. The van der Waals surface area contributed by atoms with Gasteiger partial charge in [-0.05, 0) is 49.3 Å². The minimum Gasteiger partial charge on any atom is -0.302 e. The van der Waals surface area contributed by atoms with Gasteiger partial charge in [0.1, 0.15) is 0 Å². The smallest absolute Gasteiger partial charge is 0.269 e. The number of hydrogen-bond donors (Lipinski definition) is 4. The Labute approximate surface area is 181 Å². The first-order valence-electron chi connectivity index (χ1n) is 9.35. The topological polar surface area (TPSA) is 169 Å². The van der Waals surface area contributed by atoms with Gasteiger partial charge in [0.15, 0.2) is 0 Å². The van der Waals surface area contributed by atoms with Gasteiger partial charge in [-0.25, -0.2) is 0 Å². The molecule has 0 saturated carbocycles. The van der Waals surface area contributed by atoms with E-state index >= 15 is 0 Å². The van der Waals surface area contributed by atoms with Crippen molar-refractivity contribution in [2.75, 3.05) is 0 Å². The number of nitro groups is 2. The molecular formula is C20H18N6O6. The van der Waals surface area contributed by atoms with Crippen LogP contribution in [0, 0.1) is 20.2 Å². The molecule has 164 valence electrons. The molecule has 0 aromatic heterocycles. The van der Waals surface area contributed by atoms with Gasteiger partial charge in [0.2, 0.25) is 0 Å². The number of rotatable bonds is 8. The molecule has 4 N–H and O–H groups in total. The Kier molecular flexibility index (Phi) is 6.75. The van der Waals surface area contributed by atoms with Crippen molar-refractivity contribution in [1.82, 2.24) is 21.7 Å². The lowest BCUT2D eigenvalue weighted by molar-refractivity contribution is -0.385. The van der Waals surface area contributed by atoms with E-state index in [-0.39, 0.29) is 22.5 Å². The van der Waals surface area contributed by atoms with Crippen molar-refractivity contribution in [1.29, 1.82) is 0 Å². The molecule has 0 unspecified atom stereocenters. The van der Waals surface area contributed by atoms with E-state index in [4.69, 9.17) is 0 Å². The van der Waals surface area contributed by atoms with Gasteiger partial charge in [-0.1, -0.05) is 0 Å². The van der Waals surface area contributed by atoms with Gasteiger partial charge >= 0.3 is 0 Å². The van der Waals surface area contributed by atoms with Gasteiger partial charge in [0.05, 0.1) is 9.85 Å². The van der Waals surface area contributed by atoms with Crippen LogP contribution in [0.2, 0.25) is 0 Å². The highest BCUT2D eigenvalue weighted by Gasteiger charge is 2.13. The molecule has 0 heterocycles. The van der Waals surface area contributed by atoms with Gasteiger partial charge in [-0.2, -0.15) is 0 Å². The van der Waals surface area contributed by atoms with Gasteiger partial charge in [-0.15, -0.1) is 0 Å². The summed E-state index contributed by atoms with van der Waals surface area (Å²) in [6.45, 7) is 0. The second-order valence-corrected chi connectivity index (χ2v) is 6.65. The van der Waals surface area contributed by atoms with Gasteiger partial charge in [0, 0.05) is 46.8 Å².